The van der Waals surface area contributed by atoms with Crippen LogP contribution in [0.2, 0.25) is 78.6 Å². The van der Waals surface area contributed by atoms with Crippen molar-refractivity contribution in [1.29, 1.82) is 0 Å². The maximum absolute atomic E-state index is 13.3. The van der Waals surface area contributed by atoms with Crippen LogP contribution in [0.25, 0.3) is 0 Å². The van der Waals surface area contributed by atoms with Crippen LogP contribution in [0.1, 0.15) is 0 Å². The quantitative estimate of drug-likeness (QED) is 0.429. The van der Waals surface area contributed by atoms with Gasteiger partial charge in [-0.3, -0.25) is 4.79 Å². The summed E-state index contributed by atoms with van der Waals surface area (Å²) in [6.45, 7) is 25.3. The molecule has 6 nitrogen and oxygen atoms in total. The molecule has 1 aliphatic heterocycles. The van der Waals surface area contributed by atoms with Crippen LogP contribution in [-0.2, 0) is 27.2 Å². The summed E-state index contributed by atoms with van der Waals surface area (Å²) in [4.78, 5) is 13.3. The lowest BCUT2D eigenvalue weighted by atomic mass is 10.1. The summed E-state index contributed by atoms with van der Waals surface area (Å²) >= 11 is 0. The van der Waals surface area contributed by atoms with Gasteiger partial charge in [-0.25, -0.2) is 0 Å². The maximum atomic E-state index is 13.3. The summed E-state index contributed by atoms with van der Waals surface area (Å²) in [5, 5.41) is 0. The molecule has 0 fully saturated rings. The Bertz CT molecular complexity index is 593. The van der Waals surface area contributed by atoms with E-state index in [4.69, 9.17) is 22.4 Å². The predicted octanol–water partition coefficient (Wildman–Crippen LogP) is 4.90. The van der Waals surface area contributed by atoms with Crippen molar-refractivity contribution in [3.05, 3.63) is 11.7 Å². The Kier molecular flexibility index (Phi) is 8.02. The molecule has 0 amide bonds. The third-order valence-electron chi connectivity index (χ3n) is 3.23. The Balaban J connectivity index is 3.17. The summed E-state index contributed by atoms with van der Waals surface area (Å²) in [6.07, 6.45) is -1.27. The number of carbonyl (C=O) groups excluding carboxylic acids is 1. The van der Waals surface area contributed by atoms with E-state index in [1.165, 1.54) is 0 Å². The van der Waals surface area contributed by atoms with Crippen LogP contribution in [0.3, 0.4) is 0 Å². The molecule has 0 aromatic heterocycles. The lowest BCUT2D eigenvalue weighted by Crippen LogP contribution is -2.47. The zero-order chi connectivity index (χ0) is 22.1. The van der Waals surface area contributed by atoms with Crippen molar-refractivity contribution in [1.82, 2.24) is 0 Å². The monoisotopic (exact) mass is 464 g/mol. The first-order valence-corrected chi connectivity index (χ1v) is 23.6. The second-order valence-corrected chi connectivity index (χ2v) is 29.0. The van der Waals surface area contributed by atoms with E-state index in [9.17, 15) is 4.79 Å². The van der Waals surface area contributed by atoms with Gasteiger partial charge in [0.25, 0.3) is 0 Å². The fourth-order valence-electron chi connectivity index (χ4n) is 2.41. The summed E-state index contributed by atoms with van der Waals surface area (Å²) in [6, 6.07) is 0. The average molecular weight is 465 g/mol. The molecule has 0 unspecified atom stereocenters. The van der Waals surface area contributed by atoms with Gasteiger partial charge < -0.3 is 22.4 Å². The van der Waals surface area contributed by atoms with E-state index >= 15 is 0 Å². The van der Waals surface area contributed by atoms with Gasteiger partial charge in [0.1, 0.15) is 6.10 Å². The highest BCUT2D eigenvalue weighted by molar-refractivity contribution is 6.71. The fourth-order valence-corrected chi connectivity index (χ4v) is 5.67. The van der Waals surface area contributed by atoms with Crippen molar-refractivity contribution >= 4 is 39.1 Å². The van der Waals surface area contributed by atoms with Crippen molar-refractivity contribution in [3.63, 3.8) is 0 Å². The summed E-state index contributed by atoms with van der Waals surface area (Å²) in [5.41, 5.74) is 0. The number of ketones is 1. The van der Waals surface area contributed by atoms with Crippen LogP contribution in [0.5, 0.6) is 0 Å². The standard InChI is InChI=1S/C18H40O6Si4/c1-25(2,3)20-13-14(22-26(4,5)6)16-15(19)17(23-27(7,8)9)18(21-16)24-28(10,11)12/h14,16H,13H2,1-12H3/t14-,16+/m0/s1. The van der Waals surface area contributed by atoms with E-state index in [0.717, 1.165) is 0 Å². The number of ether oxygens (including phenoxy) is 1. The largest absolute Gasteiger partial charge is 0.537 e. The summed E-state index contributed by atoms with van der Waals surface area (Å²) in [5.74, 6) is 0.260. The highest BCUT2D eigenvalue weighted by Gasteiger charge is 2.47. The minimum atomic E-state index is -2.02. The average Bonchev–Trinajstić information content (AvgIpc) is 2.67. The summed E-state index contributed by atoms with van der Waals surface area (Å²) < 4.78 is 30.6. The Morgan fingerprint density at radius 1 is 0.786 bits per heavy atom. The van der Waals surface area contributed by atoms with Crippen LogP contribution in [0.4, 0.5) is 0 Å². The van der Waals surface area contributed by atoms with E-state index in [0.29, 0.717) is 6.61 Å². The molecule has 1 rings (SSSR count). The van der Waals surface area contributed by atoms with Gasteiger partial charge in [0.2, 0.25) is 28.2 Å². The molecular formula is C18H40O6Si4. The molecule has 0 aliphatic carbocycles. The Hall–Kier alpha value is -0.402. The second kappa shape index (κ2) is 8.76. The number of Topliss-reactive ketones (excluding diaryl/α,β-unsaturated/α-hetero) is 1. The van der Waals surface area contributed by atoms with E-state index in [1.807, 2.05) is 19.6 Å². The number of rotatable bonds is 10. The van der Waals surface area contributed by atoms with E-state index in [2.05, 4.69) is 58.9 Å². The normalized spacial score (nSPS) is 20.3. The van der Waals surface area contributed by atoms with Crippen molar-refractivity contribution in [2.45, 2.75) is 90.8 Å². The van der Waals surface area contributed by atoms with Crippen molar-refractivity contribution in [3.8, 4) is 0 Å². The first-order chi connectivity index (χ1) is 12.3. The molecule has 0 bridgehead atoms. The topological polar surface area (TPSA) is 63.2 Å². The highest BCUT2D eigenvalue weighted by atomic mass is 28.4. The van der Waals surface area contributed by atoms with Crippen LogP contribution < -0.4 is 0 Å². The highest BCUT2D eigenvalue weighted by Crippen LogP contribution is 2.32. The van der Waals surface area contributed by atoms with Gasteiger partial charge in [-0.2, -0.15) is 0 Å². The minimum Gasteiger partial charge on any atom is -0.537 e. The molecule has 10 heteroatoms. The van der Waals surface area contributed by atoms with E-state index in [1.54, 1.807) is 0 Å². The first kappa shape index (κ1) is 25.6. The molecule has 28 heavy (non-hydrogen) atoms. The SMILES string of the molecule is C[Si](C)(C)OC[C@H](O[Si](C)(C)C)[C@H]1OC(O[Si](C)(C)C)=C(O[Si](C)(C)C)C1=O. The van der Waals surface area contributed by atoms with Gasteiger partial charge in [0, 0.05) is 0 Å². The van der Waals surface area contributed by atoms with E-state index < -0.39 is 45.5 Å². The van der Waals surface area contributed by atoms with Gasteiger partial charge in [-0.15, -0.1) is 0 Å². The molecule has 164 valence electrons. The third kappa shape index (κ3) is 9.40. The van der Waals surface area contributed by atoms with Crippen LogP contribution >= 0.6 is 0 Å². The van der Waals surface area contributed by atoms with Crippen LogP contribution in [-0.4, -0.2) is 57.9 Å². The fraction of sp³-hybridized carbons (Fsp3) is 0.833. The molecule has 0 saturated heterocycles. The van der Waals surface area contributed by atoms with Gasteiger partial charge in [0.05, 0.1) is 6.61 Å². The molecule has 0 saturated carbocycles. The second-order valence-electron chi connectivity index (χ2n) is 11.1. The van der Waals surface area contributed by atoms with Gasteiger partial charge in [0.15, 0.2) is 22.7 Å². The predicted molar refractivity (Wildman–Crippen MR) is 123 cm³/mol. The lowest BCUT2D eigenvalue weighted by Gasteiger charge is -2.32. The zero-order valence-corrected chi connectivity index (χ0v) is 23.8. The van der Waals surface area contributed by atoms with E-state index in [-0.39, 0.29) is 17.5 Å². The smallest absolute Gasteiger partial charge is 0.313 e. The van der Waals surface area contributed by atoms with Crippen molar-refractivity contribution < 1.29 is 27.2 Å². The molecular weight excluding hydrogens is 425 g/mol. The van der Waals surface area contributed by atoms with Gasteiger partial charge >= 0.3 is 5.95 Å². The third-order valence-corrected chi connectivity index (χ3v) is 6.89. The zero-order valence-electron chi connectivity index (χ0n) is 19.8. The number of carbonyl (C=O) groups is 1. The molecule has 0 radical (unpaired) electrons. The summed E-state index contributed by atoms with van der Waals surface area (Å²) in [7, 11) is -7.71. The van der Waals surface area contributed by atoms with Crippen molar-refractivity contribution in [2.24, 2.45) is 0 Å². The number of hydrogen-bond donors (Lipinski definition) is 0. The van der Waals surface area contributed by atoms with Crippen LogP contribution in [0.15, 0.2) is 11.7 Å². The molecule has 1 aliphatic rings. The molecule has 0 spiro atoms. The molecule has 2 atom stereocenters. The Morgan fingerprint density at radius 3 is 1.68 bits per heavy atom. The van der Waals surface area contributed by atoms with Crippen molar-refractivity contribution in [2.75, 3.05) is 6.61 Å². The lowest BCUT2D eigenvalue weighted by molar-refractivity contribution is -0.129. The van der Waals surface area contributed by atoms with Crippen LogP contribution in [0, 0.1) is 0 Å². The maximum Gasteiger partial charge on any atom is 0.313 e. The molecule has 0 N–H and O–H groups in total. The minimum absolute atomic E-state index is 0.196. The molecule has 0 aromatic rings. The molecule has 0 aromatic carbocycles. The Labute approximate surface area is 175 Å². The number of hydrogen-bond acceptors (Lipinski definition) is 6. The molecule has 1 heterocycles. The first-order valence-electron chi connectivity index (χ1n) is 9.92. The Morgan fingerprint density at radius 2 is 1.29 bits per heavy atom. The van der Waals surface area contributed by atoms with Gasteiger partial charge in [-0.05, 0) is 78.6 Å². The van der Waals surface area contributed by atoms with Gasteiger partial charge in [-0.1, -0.05) is 0 Å².